The highest BCUT2D eigenvalue weighted by molar-refractivity contribution is 6.40. The van der Waals surface area contributed by atoms with Crippen LogP contribution in [-0.4, -0.2) is 17.8 Å². The fraction of sp³-hybridized carbons (Fsp3) is 0.0690. The first kappa shape index (κ1) is 24.6. The summed E-state index contributed by atoms with van der Waals surface area (Å²) in [5.41, 5.74) is 1.94. The number of ether oxygens (including phenoxy) is 1. The third-order valence-electron chi connectivity index (χ3n) is 6.14. The zero-order valence-corrected chi connectivity index (χ0v) is 21.1. The van der Waals surface area contributed by atoms with E-state index in [4.69, 9.17) is 27.9 Å². The highest BCUT2D eigenvalue weighted by Crippen LogP contribution is 2.34. The monoisotopic (exact) mass is 530 g/mol. The van der Waals surface area contributed by atoms with Gasteiger partial charge in [-0.25, -0.2) is 9.69 Å². The molecule has 1 aliphatic heterocycles. The van der Waals surface area contributed by atoms with E-state index in [-0.39, 0.29) is 12.2 Å². The normalized spacial score (nSPS) is 14.8. The first-order valence-corrected chi connectivity index (χ1v) is 12.2. The van der Waals surface area contributed by atoms with Crippen LogP contribution in [0.2, 0.25) is 10.0 Å². The number of hydrogen-bond acceptors (Lipinski definition) is 4. The molecule has 0 spiro atoms. The Morgan fingerprint density at radius 1 is 0.865 bits per heavy atom. The number of imide groups is 2. The van der Waals surface area contributed by atoms with Crippen molar-refractivity contribution >= 4 is 63.6 Å². The molecule has 1 saturated heterocycles. The lowest BCUT2D eigenvalue weighted by molar-refractivity contribution is -0.122. The predicted molar refractivity (Wildman–Crippen MR) is 145 cm³/mol. The summed E-state index contributed by atoms with van der Waals surface area (Å²) in [5, 5.41) is 4.89. The molecule has 0 atom stereocenters. The van der Waals surface area contributed by atoms with Crippen molar-refractivity contribution in [3.63, 3.8) is 0 Å². The molecule has 4 amide bonds. The maximum atomic E-state index is 13.6. The second-order valence-corrected chi connectivity index (χ2v) is 9.23. The maximum absolute atomic E-state index is 13.6. The van der Waals surface area contributed by atoms with E-state index in [1.807, 2.05) is 48.5 Å². The number of amides is 4. The molecular weight excluding hydrogens is 511 g/mol. The Hall–Kier alpha value is -4.13. The Balaban J connectivity index is 1.61. The minimum atomic E-state index is -0.842. The number of carbonyl (C=O) groups excluding carboxylic acids is 3. The van der Waals surface area contributed by atoms with Gasteiger partial charge in [0.2, 0.25) is 0 Å². The van der Waals surface area contributed by atoms with Crippen molar-refractivity contribution in [2.75, 3.05) is 4.90 Å². The second-order valence-electron chi connectivity index (χ2n) is 8.42. The number of hydrogen-bond donors (Lipinski definition) is 1. The molecular formula is C29H20Cl2N2O4. The van der Waals surface area contributed by atoms with Gasteiger partial charge in [-0.3, -0.25) is 14.9 Å². The van der Waals surface area contributed by atoms with Crippen LogP contribution >= 0.6 is 23.2 Å². The summed E-state index contributed by atoms with van der Waals surface area (Å²) in [5.74, 6) is -1.10. The number of barbiturate groups is 1. The molecule has 4 aromatic carbocycles. The number of urea groups is 1. The molecule has 8 heteroatoms. The van der Waals surface area contributed by atoms with Crippen molar-refractivity contribution in [3.8, 4) is 5.75 Å². The van der Waals surface area contributed by atoms with Gasteiger partial charge in [0.05, 0.1) is 5.69 Å². The minimum absolute atomic E-state index is 0.181. The molecule has 0 radical (unpaired) electrons. The molecule has 6 nitrogen and oxygen atoms in total. The standard InChI is InChI=1S/C29H20Cl2N2O4/c1-17-23(30)11-6-12-25(17)33-28(35)22(27(34)32-29(33)36)15-21-20-9-4-2-7-18(20)13-14-26(21)37-16-19-8-3-5-10-24(19)31/h2-15H,16H2,1H3,(H,32,34,36)/b22-15+. The van der Waals surface area contributed by atoms with Gasteiger partial charge in [-0.05, 0) is 53.6 Å². The van der Waals surface area contributed by atoms with Crippen LogP contribution in [0.25, 0.3) is 16.8 Å². The summed E-state index contributed by atoms with van der Waals surface area (Å²) in [4.78, 5) is 40.1. The number of carbonyl (C=O) groups is 3. The van der Waals surface area contributed by atoms with Crippen LogP contribution in [0.5, 0.6) is 5.75 Å². The summed E-state index contributed by atoms with van der Waals surface area (Å²) in [6.45, 7) is 1.88. The van der Waals surface area contributed by atoms with Gasteiger partial charge < -0.3 is 4.74 Å². The van der Waals surface area contributed by atoms with Gasteiger partial charge in [-0.1, -0.05) is 77.8 Å². The molecule has 1 heterocycles. The highest BCUT2D eigenvalue weighted by atomic mass is 35.5. The van der Waals surface area contributed by atoms with Crippen LogP contribution in [0.1, 0.15) is 16.7 Å². The average molecular weight is 531 g/mol. The zero-order valence-electron chi connectivity index (χ0n) is 19.6. The Morgan fingerprint density at radius 2 is 1.59 bits per heavy atom. The first-order chi connectivity index (χ1) is 17.8. The quantitative estimate of drug-likeness (QED) is 0.230. The molecule has 5 rings (SSSR count). The number of halogens is 2. The van der Waals surface area contributed by atoms with Crippen molar-refractivity contribution in [1.29, 1.82) is 0 Å². The van der Waals surface area contributed by atoms with Crippen LogP contribution < -0.4 is 15.0 Å². The molecule has 0 saturated carbocycles. The molecule has 4 aromatic rings. The molecule has 0 unspecified atom stereocenters. The second kappa shape index (κ2) is 10.1. The van der Waals surface area contributed by atoms with Gasteiger partial charge in [0.1, 0.15) is 17.9 Å². The molecule has 0 aliphatic carbocycles. The van der Waals surface area contributed by atoms with Gasteiger partial charge in [0.15, 0.2) is 0 Å². The Kier molecular flexibility index (Phi) is 6.70. The third kappa shape index (κ3) is 4.69. The molecule has 184 valence electrons. The lowest BCUT2D eigenvalue weighted by Crippen LogP contribution is -2.54. The van der Waals surface area contributed by atoms with Crippen molar-refractivity contribution in [2.24, 2.45) is 0 Å². The van der Waals surface area contributed by atoms with E-state index >= 15 is 0 Å². The number of nitrogens with zero attached hydrogens (tertiary/aromatic N) is 1. The largest absolute Gasteiger partial charge is 0.488 e. The minimum Gasteiger partial charge on any atom is -0.488 e. The van der Waals surface area contributed by atoms with Gasteiger partial charge in [0, 0.05) is 21.2 Å². The molecule has 1 N–H and O–H groups in total. The lowest BCUT2D eigenvalue weighted by Gasteiger charge is -2.28. The van der Waals surface area contributed by atoms with Crippen LogP contribution in [-0.2, 0) is 16.2 Å². The number of benzene rings is 4. The van der Waals surface area contributed by atoms with Gasteiger partial charge in [-0.2, -0.15) is 0 Å². The summed E-state index contributed by atoms with van der Waals surface area (Å²) in [7, 11) is 0. The van der Waals surface area contributed by atoms with Crippen LogP contribution in [0.4, 0.5) is 10.5 Å². The summed E-state index contributed by atoms with van der Waals surface area (Å²) in [6, 6.07) is 22.6. The van der Waals surface area contributed by atoms with Gasteiger partial charge in [0.25, 0.3) is 11.8 Å². The summed E-state index contributed by atoms with van der Waals surface area (Å²) in [6.07, 6.45) is 1.46. The van der Waals surface area contributed by atoms with E-state index in [1.54, 1.807) is 37.3 Å². The van der Waals surface area contributed by atoms with E-state index in [9.17, 15) is 14.4 Å². The van der Waals surface area contributed by atoms with Gasteiger partial charge >= 0.3 is 6.03 Å². The predicted octanol–water partition coefficient (Wildman–Crippen LogP) is 6.70. The van der Waals surface area contributed by atoms with E-state index < -0.39 is 17.8 Å². The zero-order chi connectivity index (χ0) is 26.1. The number of rotatable bonds is 5. The Bertz CT molecular complexity index is 1610. The average Bonchev–Trinajstić information content (AvgIpc) is 2.88. The Morgan fingerprint density at radius 3 is 2.41 bits per heavy atom. The smallest absolute Gasteiger partial charge is 0.335 e. The molecule has 0 bridgehead atoms. The molecule has 1 aliphatic rings. The molecule has 0 aromatic heterocycles. The Labute approximate surface area is 223 Å². The van der Waals surface area contributed by atoms with E-state index in [2.05, 4.69) is 5.32 Å². The van der Waals surface area contributed by atoms with Gasteiger partial charge in [-0.15, -0.1) is 0 Å². The fourth-order valence-corrected chi connectivity index (χ4v) is 4.54. The van der Waals surface area contributed by atoms with E-state index in [0.29, 0.717) is 32.6 Å². The van der Waals surface area contributed by atoms with E-state index in [0.717, 1.165) is 21.2 Å². The van der Waals surface area contributed by atoms with Crippen molar-refractivity contribution in [1.82, 2.24) is 5.32 Å². The molecule has 37 heavy (non-hydrogen) atoms. The number of nitrogens with one attached hydrogen (secondary N) is 1. The van der Waals surface area contributed by atoms with E-state index in [1.165, 1.54) is 6.08 Å². The van der Waals surface area contributed by atoms with Crippen molar-refractivity contribution < 1.29 is 19.1 Å². The number of anilines is 1. The topological polar surface area (TPSA) is 75.7 Å². The van der Waals surface area contributed by atoms with Crippen molar-refractivity contribution in [3.05, 3.63) is 111 Å². The van der Waals surface area contributed by atoms with Crippen molar-refractivity contribution in [2.45, 2.75) is 13.5 Å². The maximum Gasteiger partial charge on any atom is 0.335 e. The summed E-state index contributed by atoms with van der Waals surface area (Å²) >= 11 is 12.5. The van der Waals surface area contributed by atoms with Crippen LogP contribution in [0, 0.1) is 6.92 Å². The first-order valence-electron chi connectivity index (χ1n) is 11.4. The highest BCUT2D eigenvalue weighted by Gasteiger charge is 2.38. The summed E-state index contributed by atoms with van der Waals surface area (Å²) < 4.78 is 6.12. The third-order valence-corrected chi connectivity index (χ3v) is 6.92. The van der Waals surface area contributed by atoms with Crippen LogP contribution in [0.15, 0.2) is 84.4 Å². The SMILES string of the molecule is Cc1c(Cl)cccc1N1C(=O)NC(=O)/C(=C\c2c(OCc3ccccc3Cl)ccc3ccccc23)C1=O. The lowest BCUT2D eigenvalue weighted by atomic mass is 9.99. The fourth-order valence-electron chi connectivity index (χ4n) is 4.18. The van der Waals surface area contributed by atoms with Crippen LogP contribution in [0.3, 0.4) is 0 Å². The molecule has 1 fully saturated rings. The number of fused-ring (bicyclic) bond motifs is 1.